The number of rotatable bonds is 9. The van der Waals surface area contributed by atoms with Gasteiger partial charge in [-0.25, -0.2) is 0 Å². The molecule has 0 aliphatic carbocycles. The molecule has 87 valence electrons. The van der Waals surface area contributed by atoms with E-state index in [1.54, 1.807) is 13.3 Å². The molecule has 0 aromatic heterocycles. The zero-order chi connectivity index (χ0) is 9.94. The second-order valence-corrected chi connectivity index (χ2v) is 12.6. The Labute approximate surface area is 97.7 Å². The molecular formula is C12H29OSn. The van der Waals surface area contributed by atoms with Gasteiger partial charge in [0, 0.05) is 0 Å². The number of hydrogen-bond donors (Lipinski definition) is 0. The molecule has 0 heterocycles. The Balaban J connectivity index is 0. The van der Waals surface area contributed by atoms with Crippen LogP contribution in [-0.4, -0.2) is 25.2 Å². The predicted molar refractivity (Wildman–Crippen MR) is 68.5 cm³/mol. The van der Waals surface area contributed by atoms with E-state index < -0.39 is 19.8 Å². The maximum absolute atomic E-state index is 2.33. The minimum absolute atomic E-state index is 0. The molecule has 0 atom stereocenters. The van der Waals surface area contributed by atoms with Crippen molar-refractivity contribution in [3.8, 4) is 0 Å². The van der Waals surface area contributed by atoms with Gasteiger partial charge in [-0.3, -0.25) is 0 Å². The molecule has 0 unspecified atom stereocenters. The summed E-state index contributed by atoms with van der Waals surface area (Å²) in [5.74, 6) is 0. The molecule has 2 heteroatoms. The fourth-order valence-corrected chi connectivity index (χ4v) is 11.1. The zero-order valence-corrected chi connectivity index (χ0v) is 13.2. The molecule has 0 aromatic rings. The normalized spacial score (nSPS) is 10.3. The van der Waals surface area contributed by atoms with Gasteiger partial charge in [-0.05, 0) is 0 Å². The summed E-state index contributed by atoms with van der Waals surface area (Å²) < 4.78 is 5.04. The minimum atomic E-state index is -0.839. The molecule has 0 amide bonds. The maximum Gasteiger partial charge on any atom is -0.412 e. The number of hydrogen-bond acceptors (Lipinski definition) is 0. The third kappa shape index (κ3) is 10.8. The molecule has 1 radical (unpaired) electrons. The van der Waals surface area contributed by atoms with Crippen molar-refractivity contribution >= 4 is 19.8 Å². The van der Waals surface area contributed by atoms with Gasteiger partial charge < -0.3 is 5.48 Å². The van der Waals surface area contributed by atoms with Crippen LogP contribution >= 0.6 is 0 Å². The molecule has 0 aliphatic heterocycles. The molecular weight excluding hydrogens is 279 g/mol. The first-order chi connectivity index (χ1) is 6.35. The van der Waals surface area contributed by atoms with E-state index >= 15 is 0 Å². The third-order valence-electron chi connectivity index (χ3n) is 2.65. The van der Waals surface area contributed by atoms with E-state index in [-0.39, 0.29) is 5.48 Å². The van der Waals surface area contributed by atoms with E-state index in [2.05, 4.69) is 20.8 Å². The first-order valence-corrected chi connectivity index (χ1v) is 12.2. The maximum atomic E-state index is 2.33. The van der Waals surface area contributed by atoms with Crippen LogP contribution in [0.3, 0.4) is 0 Å². The topological polar surface area (TPSA) is 31.5 Å². The molecule has 0 fully saturated rings. The van der Waals surface area contributed by atoms with Crippen molar-refractivity contribution in [2.75, 3.05) is 0 Å². The van der Waals surface area contributed by atoms with Crippen molar-refractivity contribution in [2.45, 2.75) is 72.6 Å². The van der Waals surface area contributed by atoms with Crippen LogP contribution in [0.4, 0.5) is 0 Å². The predicted octanol–water partition coefficient (Wildman–Crippen LogP) is 4.06. The zero-order valence-electron chi connectivity index (χ0n) is 10.4. The summed E-state index contributed by atoms with van der Waals surface area (Å²) in [7, 11) is 0. The van der Waals surface area contributed by atoms with E-state index in [0.29, 0.717) is 0 Å². The van der Waals surface area contributed by atoms with Crippen LogP contribution in [0.2, 0.25) is 13.3 Å². The summed E-state index contributed by atoms with van der Waals surface area (Å²) in [6.45, 7) is 7.00. The van der Waals surface area contributed by atoms with Crippen LogP contribution in [0.15, 0.2) is 0 Å². The third-order valence-corrected chi connectivity index (χ3v) is 11.7. The molecule has 0 spiro atoms. The Bertz CT molecular complexity index is 77.3. The molecule has 0 bridgehead atoms. The van der Waals surface area contributed by atoms with Crippen LogP contribution in [0, 0.1) is 0 Å². The van der Waals surface area contributed by atoms with Gasteiger partial charge in [0.15, 0.2) is 0 Å². The SMILES string of the molecule is CCC[CH2][Sn]([CH2]CCC)[CH2]CCC.O. The van der Waals surface area contributed by atoms with Crippen LogP contribution in [0.5, 0.6) is 0 Å². The van der Waals surface area contributed by atoms with E-state index in [4.69, 9.17) is 0 Å². The summed E-state index contributed by atoms with van der Waals surface area (Å²) in [5, 5.41) is 0. The molecule has 0 saturated carbocycles. The quantitative estimate of drug-likeness (QED) is 0.575. The smallest absolute Gasteiger partial charge is 0.412 e. The second kappa shape index (κ2) is 13.8. The van der Waals surface area contributed by atoms with Gasteiger partial charge in [-0.2, -0.15) is 0 Å². The van der Waals surface area contributed by atoms with Gasteiger partial charge in [-0.15, -0.1) is 0 Å². The Morgan fingerprint density at radius 2 is 0.929 bits per heavy atom. The van der Waals surface area contributed by atoms with E-state index in [1.165, 1.54) is 38.5 Å². The molecule has 0 aliphatic rings. The Morgan fingerprint density at radius 1 is 0.643 bits per heavy atom. The number of unbranched alkanes of at least 4 members (excludes halogenated alkanes) is 3. The first-order valence-electron chi connectivity index (χ1n) is 6.18. The van der Waals surface area contributed by atoms with Crippen LogP contribution in [0.1, 0.15) is 59.3 Å². The molecule has 0 rings (SSSR count). The molecule has 2 N–H and O–H groups in total. The van der Waals surface area contributed by atoms with E-state index in [9.17, 15) is 0 Å². The van der Waals surface area contributed by atoms with Crippen molar-refractivity contribution in [1.82, 2.24) is 0 Å². The Kier molecular flexibility index (Phi) is 16.9. The Morgan fingerprint density at radius 3 is 1.14 bits per heavy atom. The monoisotopic (exact) mass is 309 g/mol. The Hall–Kier alpha value is 0.759. The average Bonchev–Trinajstić information content (AvgIpc) is 2.17. The van der Waals surface area contributed by atoms with Gasteiger partial charge in [0.25, 0.3) is 0 Å². The summed E-state index contributed by atoms with van der Waals surface area (Å²) in [6.07, 6.45) is 8.85. The molecule has 0 saturated heterocycles. The fourth-order valence-electron chi connectivity index (χ4n) is 1.66. The van der Waals surface area contributed by atoms with Crippen molar-refractivity contribution in [3.63, 3.8) is 0 Å². The second-order valence-electron chi connectivity index (χ2n) is 4.06. The fraction of sp³-hybridized carbons (Fsp3) is 1.00. The van der Waals surface area contributed by atoms with Crippen molar-refractivity contribution < 1.29 is 5.48 Å². The molecule has 1 nitrogen and oxygen atoms in total. The molecule has 14 heavy (non-hydrogen) atoms. The minimum Gasteiger partial charge on any atom is -0.412 e. The summed E-state index contributed by atoms with van der Waals surface area (Å²) >= 11 is -0.839. The van der Waals surface area contributed by atoms with E-state index in [0.717, 1.165) is 0 Å². The van der Waals surface area contributed by atoms with Crippen LogP contribution < -0.4 is 0 Å². The van der Waals surface area contributed by atoms with Crippen molar-refractivity contribution in [2.24, 2.45) is 0 Å². The van der Waals surface area contributed by atoms with Crippen LogP contribution in [0.25, 0.3) is 0 Å². The molecule has 0 aromatic carbocycles. The van der Waals surface area contributed by atoms with Crippen molar-refractivity contribution in [1.29, 1.82) is 0 Å². The average molecular weight is 308 g/mol. The summed E-state index contributed by atoms with van der Waals surface area (Å²) in [5.41, 5.74) is 0. The van der Waals surface area contributed by atoms with Gasteiger partial charge in [-0.1, -0.05) is 0 Å². The van der Waals surface area contributed by atoms with Gasteiger partial charge in [0.2, 0.25) is 0 Å². The largest absolute Gasteiger partial charge is 0.412 e. The van der Waals surface area contributed by atoms with Gasteiger partial charge >= 0.3 is 92.4 Å². The van der Waals surface area contributed by atoms with Gasteiger partial charge in [0.05, 0.1) is 0 Å². The van der Waals surface area contributed by atoms with Crippen molar-refractivity contribution in [3.05, 3.63) is 0 Å². The first kappa shape index (κ1) is 17.2. The van der Waals surface area contributed by atoms with Crippen LogP contribution in [-0.2, 0) is 0 Å². The summed E-state index contributed by atoms with van der Waals surface area (Å²) in [4.78, 5) is 0. The van der Waals surface area contributed by atoms with Gasteiger partial charge in [0.1, 0.15) is 0 Å². The summed E-state index contributed by atoms with van der Waals surface area (Å²) in [6, 6.07) is 0. The standard InChI is InChI=1S/3C4H9.H2O.Sn/c3*1-3-4-2;;/h3*1,3-4H2,2H3;1H2;. The van der Waals surface area contributed by atoms with E-state index in [1.807, 2.05) is 0 Å².